The Morgan fingerprint density at radius 1 is 1.08 bits per heavy atom. The Bertz CT molecular complexity index is 715. The number of rotatable bonds is 3. The Hall–Kier alpha value is -0.500. The van der Waals surface area contributed by atoms with Crippen LogP contribution in [-0.2, 0) is 6.18 Å². The summed E-state index contributed by atoms with van der Waals surface area (Å²) in [7, 11) is 0. The van der Waals surface area contributed by atoms with Gasteiger partial charge in [0.2, 0.25) is 0 Å². The molecule has 1 atom stereocenters. The first-order valence-electron chi connectivity index (χ1n) is 7.43. The standard InChI is InChI=1S/C16H15Cl2F3N2S.ClH/c17-12-2-1-10(16(19,20)21)9-11(12)15(13-3-4-14(18)24-13)23-7-5-22-6-8-23;/h1-4,9,15,22H,5-8H2;1H/t15-;/m1./s1. The molecule has 9 heteroatoms. The highest BCUT2D eigenvalue weighted by atomic mass is 35.5. The van der Waals surface area contributed by atoms with Crippen LogP contribution in [0.5, 0.6) is 0 Å². The Balaban J connectivity index is 0.00000225. The highest BCUT2D eigenvalue weighted by molar-refractivity contribution is 7.16. The Morgan fingerprint density at radius 3 is 2.32 bits per heavy atom. The van der Waals surface area contributed by atoms with Crippen LogP contribution in [0.2, 0.25) is 9.36 Å². The van der Waals surface area contributed by atoms with Gasteiger partial charge in [-0.3, -0.25) is 4.90 Å². The molecule has 1 fully saturated rings. The minimum absolute atomic E-state index is 0. The van der Waals surface area contributed by atoms with E-state index in [0.717, 1.165) is 43.2 Å². The predicted octanol–water partition coefficient (Wildman–Crippen LogP) is 5.49. The number of piperazine rings is 1. The molecule has 2 nitrogen and oxygen atoms in total. The van der Waals surface area contributed by atoms with Crippen LogP contribution < -0.4 is 5.32 Å². The van der Waals surface area contributed by atoms with Gasteiger partial charge in [-0.05, 0) is 35.9 Å². The van der Waals surface area contributed by atoms with Gasteiger partial charge in [-0.2, -0.15) is 13.2 Å². The summed E-state index contributed by atoms with van der Waals surface area (Å²) in [5, 5.41) is 3.58. The molecule has 0 spiro atoms. The summed E-state index contributed by atoms with van der Waals surface area (Å²) in [5.74, 6) is 0. The number of hydrogen-bond donors (Lipinski definition) is 1. The molecule has 1 saturated heterocycles. The van der Waals surface area contributed by atoms with Crippen molar-refractivity contribution >= 4 is 46.9 Å². The van der Waals surface area contributed by atoms with E-state index in [1.165, 1.54) is 17.4 Å². The number of benzene rings is 1. The quantitative estimate of drug-likeness (QED) is 0.691. The van der Waals surface area contributed by atoms with Gasteiger partial charge in [-0.1, -0.05) is 23.2 Å². The van der Waals surface area contributed by atoms with Crippen LogP contribution in [0.4, 0.5) is 13.2 Å². The summed E-state index contributed by atoms with van der Waals surface area (Å²) in [4.78, 5) is 3.03. The molecule has 0 saturated carbocycles. The first-order valence-corrected chi connectivity index (χ1v) is 9.00. The Labute approximate surface area is 164 Å². The molecule has 0 aliphatic carbocycles. The fourth-order valence-corrected chi connectivity index (χ4v) is 4.31. The second kappa shape index (κ2) is 8.46. The van der Waals surface area contributed by atoms with Gasteiger partial charge < -0.3 is 5.32 Å². The molecule has 1 aromatic carbocycles. The van der Waals surface area contributed by atoms with Gasteiger partial charge in [0, 0.05) is 36.1 Å². The third-order valence-electron chi connectivity index (χ3n) is 4.00. The molecule has 0 amide bonds. The van der Waals surface area contributed by atoms with Gasteiger partial charge in [-0.25, -0.2) is 0 Å². The van der Waals surface area contributed by atoms with Crippen molar-refractivity contribution in [3.05, 3.63) is 55.7 Å². The van der Waals surface area contributed by atoms with Crippen molar-refractivity contribution in [2.75, 3.05) is 26.2 Å². The number of hydrogen-bond acceptors (Lipinski definition) is 3. The summed E-state index contributed by atoms with van der Waals surface area (Å²) in [6, 6.07) is 6.78. The van der Waals surface area contributed by atoms with E-state index in [4.69, 9.17) is 23.2 Å². The summed E-state index contributed by atoms with van der Waals surface area (Å²) in [6.07, 6.45) is -4.40. The van der Waals surface area contributed by atoms with E-state index in [2.05, 4.69) is 10.2 Å². The number of thiophene rings is 1. The maximum atomic E-state index is 13.1. The summed E-state index contributed by atoms with van der Waals surface area (Å²) in [6.45, 7) is 3.03. The lowest BCUT2D eigenvalue weighted by molar-refractivity contribution is -0.137. The van der Waals surface area contributed by atoms with Gasteiger partial charge >= 0.3 is 6.18 Å². The lowest BCUT2D eigenvalue weighted by Gasteiger charge is -2.35. The fourth-order valence-electron chi connectivity index (χ4n) is 2.88. The van der Waals surface area contributed by atoms with Crippen molar-refractivity contribution in [3.8, 4) is 0 Å². The van der Waals surface area contributed by atoms with Crippen LogP contribution in [0.25, 0.3) is 0 Å². The molecular weight excluding hydrogens is 416 g/mol. The van der Waals surface area contributed by atoms with Gasteiger partial charge in [0.05, 0.1) is 15.9 Å². The van der Waals surface area contributed by atoms with E-state index in [0.29, 0.717) is 14.9 Å². The van der Waals surface area contributed by atoms with Crippen molar-refractivity contribution in [3.63, 3.8) is 0 Å². The first kappa shape index (κ1) is 20.8. The second-order valence-electron chi connectivity index (χ2n) is 5.56. The van der Waals surface area contributed by atoms with E-state index in [9.17, 15) is 13.2 Å². The van der Waals surface area contributed by atoms with E-state index >= 15 is 0 Å². The largest absolute Gasteiger partial charge is 0.416 e. The average Bonchev–Trinajstić information content (AvgIpc) is 2.95. The average molecular weight is 432 g/mol. The highest BCUT2D eigenvalue weighted by Crippen LogP contribution is 2.40. The fraction of sp³-hybridized carbons (Fsp3) is 0.375. The Kier molecular flexibility index (Phi) is 7.04. The van der Waals surface area contributed by atoms with Crippen molar-refractivity contribution < 1.29 is 13.2 Å². The monoisotopic (exact) mass is 430 g/mol. The Morgan fingerprint density at radius 2 is 1.76 bits per heavy atom. The van der Waals surface area contributed by atoms with Crippen LogP contribution >= 0.6 is 46.9 Å². The molecule has 1 aliphatic heterocycles. The molecule has 0 bridgehead atoms. The van der Waals surface area contributed by atoms with Crippen LogP contribution in [0.15, 0.2) is 30.3 Å². The molecule has 25 heavy (non-hydrogen) atoms. The minimum atomic E-state index is -4.40. The SMILES string of the molecule is Cl.FC(F)(F)c1ccc(Cl)c([C@H](c2ccc(Cl)s2)N2CCNCC2)c1. The van der Waals surface area contributed by atoms with Crippen LogP contribution in [0, 0.1) is 0 Å². The van der Waals surface area contributed by atoms with Crippen LogP contribution in [-0.4, -0.2) is 31.1 Å². The second-order valence-corrected chi connectivity index (χ2v) is 7.72. The molecular formula is C16H16Cl3F3N2S. The topological polar surface area (TPSA) is 15.3 Å². The zero-order valence-corrected chi connectivity index (χ0v) is 16.1. The van der Waals surface area contributed by atoms with Crippen molar-refractivity contribution in [1.29, 1.82) is 0 Å². The summed E-state index contributed by atoms with van der Waals surface area (Å²) < 4.78 is 40.0. The van der Waals surface area contributed by atoms with E-state index in [1.807, 2.05) is 6.07 Å². The maximum absolute atomic E-state index is 13.1. The molecule has 0 unspecified atom stereocenters. The molecule has 0 radical (unpaired) electrons. The maximum Gasteiger partial charge on any atom is 0.416 e. The lowest BCUT2D eigenvalue weighted by Crippen LogP contribution is -2.45. The number of nitrogens with one attached hydrogen (secondary N) is 1. The molecule has 1 N–H and O–H groups in total. The van der Waals surface area contributed by atoms with Crippen molar-refractivity contribution in [2.45, 2.75) is 12.2 Å². The van der Waals surface area contributed by atoms with E-state index in [1.54, 1.807) is 6.07 Å². The minimum Gasteiger partial charge on any atom is -0.314 e. The van der Waals surface area contributed by atoms with E-state index < -0.39 is 11.7 Å². The molecule has 2 aromatic rings. The third-order valence-corrected chi connectivity index (χ3v) is 5.63. The van der Waals surface area contributed by atoms with Crippen LogP contribution in [0.1, 0.15) is 22.0 Å². The van der Waals surface area contributed by atoms with Gasteiger partial charge in [0.15, 0.2) is 0 Å². The molecule has 3 rings (SSSR count). The van der Waals surface area contributed by atoms with Gasteiger partial charge in [0.1, 0.15) is 0 Å². The first-order chi connectivity index (χ1) is 11.4. The van der Waals surface area contributed by atoms with Crippen molar-refractivity contribution in [1.82, 2.24) is 10.2 Å². The van der Waals surface area contributed by atoms with E-state index in [-0.39, 0.29) is 18.4 Å². The van der Waals surface area contributed by atoms with Gasteiger partial charge in [0.25, 0.3) is 0 Å². The van der Waals surface area contributed by atoms with Crippen LogP contribution in [0.3, 0.4) is 0 Å². The third kappa shape index (κ3) is 4.81. The zero-order valence-electron chi connectivity index (χ0n) is 12.9. The molecule has 138 valence electrons. The summed E-state index contributed by atoms with van der Waals surface area (Å²) >= 11 is 13.7. The summed E-state index contributed by atoms with van der Waals surface area (Å²) in [5.41, 5.74) is -0.225. The predicted molar refractivity (Wildman–Crippen MR) is 99.3 cm³/mol. The normalized spacial score (nSPS) is 17.2. The smallest absolute Gasteiger partial charge is 0.314 e. The van der Waals surface area contributed by atoms with Crippen molar-refractivity contribution in [2.24, 2.45) is 0 Å². The molecule has 2 heterocycles. The zero-order chi connectivity index (χ0) is 17.3. The highest BCUT2D eigenvalue weighted by Gasteiger charge is 2.33. The number of alkyl halides is 3. The van der Waals surface area contributed by atoms with Gasteiger partial charge in [-0.15, -0.1) is 23.7 Å². The number of nitrogens with zero attached hydrogens (tertiary/aromatic N) is 1. The molecule has 1 aromatic heterocycles. The molecule has 1 aliphatic rings. The number of halogens is 6. The lowest BCUT2D eigenvalue weighted by atomic mass is 10.00.